The van der Waals surface area contributed by atoms with Crippen molar-refractivity contribution in [3.05, 3.63) is 70.6 Å². The van der Waals surface area contributed by atoms with Crippen LogP contribution in [0.2, 0.25) is 0 Å². The summed E-state index contributed by atoms with van der Waals surface area (Å²) < 4.78 is 10.8. The maximum absolute atomic E-state index is 13.0. The molecule has 0 bridgehead atoms. The number of thioether (sulfide) groups is 1. The first-order valence-electron chi connectivity index (χ1n) is 13.5. The zero-order chi connectivity index (χ0) is 30.3. The quantitative estimate of drug-likeness (QED) is 0.142. The number of anilines is 3. The molecule has 0 atom stereocenters. The maximum atomic E-state index is 13.0. The molecule has 0 saturated carbocycles. The number of esters is 1. The van der Waals surface area contributed by atoms with E-state index in [0.29, 0.717) is 35.2 Å². The van der Waals surface area contributed by atoms with Crippen LogP contribution in [0.25, 0.3) is 0 Å². The van der Waals surface area contributed by atoms with Crippen LogP contribution in [0, 0.1) is 0 Å². The Bertz CT molecular complexity index is 1450. The van der Waals surface area contributed by atoms with Crippen molar-refractivity contribution in [2.24, 2.45) is 0 Å². The van der Waals surface area contributed by atoms with E-state index in [-0.39, 0.29) is 18.3 Å². The molecule has 222 valence electrons. The molecule has 12 heteroatoms. The minimum absolute atomic E-state index is 0.130. The number of thiocarbonyl (C=S) groups is 1. The Morgan fingerprint density at radius 1 is 1.02 bits per heavy atom. The van der Waals surface area contributed by atoms with Gasteiger partial charge in [-0.3, -0.25) is 4.79 Å². The van der Waals surface area contributed by atoms with Crippen LogP contribution >= 0.6 is 35.3 Å². The van der Waals surface area contributed by atoms with Gasteiger partial charge in [0.2, 0.25) is 5.91 Å². The van der Waals surface area contributed by atoms with Gasteiger partial charge < -0.3 is 30.3 Å². The Kier molecular flexibility index (Phi) is 10.5. The van der Waals surface area contributed by atoms with Crippen molar-refractivity contribution >= 4 is 74.8 Å². The van der Waals surface area contributed by atoms with Crippen molar-refractivity contribution in [1.29, 1.82) is 0 Å². The number of carbonyl (C=O) groups excluding carboxylic acids is 3. The summed E-state index contributed by atoms with van der Waals surface area (Å²) in [6.45, 7) is 8.12. The zero-order valence-corrected chi connectivity index (χ0v) is 26.4. The molecule has 42 heavy (non-hydrogen) atoms. The molecule has 0 saturated heterocycles. The van der Waals surface area contributed by atoms with Crippen LogP contribution < -0.4 is 16.0 Å². The Morgan fingerprint density at radius 3 is 2.45 bits per heavy atom. The summed E-state index contributed by atoms with van der Waals surface area (Å²) in [7, 11) is 0. The van der Waals surface area contributed by atoms with Crippen LogP contribution in [0.5, 0.6) is 0 Å². The highest BCUT2D eigenvalue weighted by atomic mass is 32.2. The second-order valence-electron chi connectivity index (χ2n) is 10.4. The molecule has 2 amide bonds. The number of hydrogen-bond donors (Lipinski definition) is 3. The second kappa shape index (κ2) is 14.0. The lowest BCUT2D eigenvalue weighted by Crippen LogP contribution is -2.39. The van der Waals surface area contributed by atoms with Gasteiger partial charge in [0.1, 0.15) is 10.6 Å². The topological polar surface area (TPSA) is 109 Å². The third-order valence-electron chi connectivity index (χ3n) is 5.93. The first-order valence-corrected chi connectivity index (χ1v) is 15.7. The summed E-state index contributed by atoms with van der Waals surface area (Å²) in [5, 5.41) is 10.1. The van der Waals surface area contributed by atoms with E-state index in [9.17, 15) is 14.4 Å². The van der Waals surface area contributed by atoms with Crippen molar-refractivity contribution in [1.82, 2.24) is 4.90 Å². The molecule has 1 aliphatic heterocycles. The van der Waals surface area contributed by atoms with E-state index >= 15 is 0 Å². The summed E-state index contributed by atoms with van der Waals surface area (Å²) in [5.74, 6) is -0.610. The lowest BCUT2D eigenvalue weighted by Gasteiger charge is -2.30. The molecule has 1 aliphatic rings. The van der Waals surface area contributed by atoms with Crippen molar-refractivity contribution in [3.8, 4) is 0 Å². The van der Waals surface area contributed by atoms with Crippen molar-refractivity contribution in [2.75, 3.05) is 34.9 Å². The summed E-state index contributed by atoms with van der Waals surface area (Å²) in [6, 6.07) is 17.2. The third kappa shape index (κ3) is 8.70. The van der Waals surface area contributed by atoms with Gasteiger partial charge in [-0.1, -0.05) is 24.3 Å². The molecule has 2 aromatic carbocycles. The lowest BCUT2D eigenvalue weighted by atomic mass is 10.0. The number of benzene rings is 2. The zero-order valence-electron chi connectivity index (χ0n) is 23.9. The number of para-hydroxylation sites is 1. The molecule has 0 fully saturated rings. The first-order chi connectivity index (χ1) is 20.0. The summed E-state index contributed by atoms with van der Waals surface area (Å²) in [4.78, 5) is 41.9. The number of fused-ring (bicyclic) bond motifs is 1. The van der Waals surface area contributed by atoms with Crippen LogP contribution in [0.3, 0.4) is 0 Å². The van der Waals surface area contributed by atoms with Gasteiger partial charge in [-0.05, 0) is 82.2 Å². The normalized spacial score (nSPS) is 12.6. The van der Waals surface area contributed by atoms with Gasteiger partial charge >= 0.3 is 12.1 Å². The lowest BCUT2D eigenvalue weighted by molar-refractivity contribution is -0.113. The molecule has 2 heterocycles. The summed E-state index contributed by atoms with van der Waals surface area (Å²) in [5.41, 5.74) is 2.23. The number of thiophene rings is 1. The molecule has 0 spiro atoms. The molecular weight excluding hydrogens is 593 g/mol. The van der Waals surface area contributed by atoms with Gasteiger partial charge in [0.25, 0.3) is 0 Å². The van der Waals surface area contributed by atoms with E-state index in [4.69, 9.17) is 21.7 Å². The van der Waals surface area contributed by atoms with Crippen molar-refractivity contribution in [2.45, 2.75) is 51.2 Å². The minimum Gasteiger partial charge on any atom is -0.462 e. The van der Waals surface area contributed by atoms with E-state index < -0.39 is 17.7 Å². The van der Waals surface area contributed by atoms with Gasteiger partial charge in [0.15, 0.2) is 5.11 Å². The monoisotopic (exact) mass is 626 g/mol. The van der Waals surface area contributed by atoms with E-state index in [0.717, 1.165) is 26.7 Å². The molecule has 3 N–H and O–H groups in total. The van der Waals surface area contributed by atoms with Crippen LogP contribution in [-0.2, 0) is 27.2 Å². The molecule has 0 radical (unpaired) electrons. The Balaban J connectivity index is 1.40. The number of nitrogens with one attached hydrogen (secondary N) is 3. The highest BCUT2D eigenvalue weighted by molar-refractivity contribution is 8.00. The Morgan fingerprint density at radius 2 is 1.74 bits per heavy atom. The van der Waals surface area contributed by atoms with E-state index in [1.807, 2.05) is 75.4 Å². The fraction of sp³-hybridized carbons (Fsp3) is 0.333. The molecule has 4 rings (SSSR count). The highest BCUT2D eigenvalue weighted by Gasteiger charge is 2.32. The number of nitrogens with zero attached hydrogens (tertiary/aromatic N) is 1. The summed E-state index contributed by atoms with van der Waals surface area (Å²) in [6.07, 6.45) is 0.0551. The smallest absolute Gasteiger partial charge is 0.410 e. The van der Waals surface area contributed by atoms with Gasteiger partial charge in [-0.15, -0.1) is 23.1 Å². The number of amides is 2. The average molecular weight is 627 g/mol. The largest absolute Gasteiger partial charge is 0.462 e. The predicted octanol–water partition coefficient (Wildman–Crippen LogP) is 6.76. The number of carbonyl (C=O) groups is 3. The number of ether oxygens (including phenoxy) is 2. The molecule has 3 aromatic rings. The van der Waals surface area contributed by atoms with E-state index in [1.165, 1.54) is 23.1 Å². The van der Waals surface area contributed by atoms with Crippen LogP contribution in [0.15, 0.2) is 59.5 Å². The SMILES string of the molecule is CCOC(=O)c1c(NC(=O)CSc2cccc(NC(=S)Nc3ccccc3)c2)sc2c1CCN(C(=O)OC(C)(C)C)C2. The average Bonchev–Trinajstić information content (AvgIpc) is 3.29. The third-order valence-corrected chi connectivity index (χ3v) is 8.26. The molecule has 0 aliphatic carbocycles. The minimum atomic E-state index is -0.611. The highest BCUT2D eigenvalue weighted by Crippen LogP contribution is 2.38. The predicted molar refractivity (Wildman–Crippen MR) is 173 cm³/mol. The van der Waals surface area contributed by atoms with Crippen LogP contribution in [0.1, 0.15) is 48.5 Å². The molecule has 9 nitrogen and oxygen atoms in total. The van der Waals surface area contributed by atoms with Crippen molar-refractivity contribution < 1.29 is 23.9 Å². The Labute approximate surface area is 259 Å². The van der Waals surface area contributed by atoms with Gasteiger partial charge in [-0.2, -0.15) is 0 Å². The Hall–Kier alpha value is -3.61. The van der Waals surface area contributed by atoms with Gasteiger partial charge in [0, 0.05) is 27.7 Å². The fourth-order valence-corrected chi connectivity index (χ4v) is 6.44. The van der Waals surface area contributed by atoms with Crippen LogP contribution in [0.4, 0.5) is 21.2 Å². The fourth-order valence-electron chi connectivity index (χ4n) is 4.18. The standard InChI is InChI=1S/C30H34N4O5S3/c1-5-38-27(36)25-22-14-15-34(29(37)39-30(2,3)4)17-23(22)42-26(25)33-24(35)18-41-21-13-9-12-20(16-21)32-28(40)31-19-10-7-6-8-11-19/h6-13,16H,5,14-15,17-18H2,1-4H3,(H,33,35)(H2,31,32,40). The number of hydrogen-bond acceptors (Lipinski definition) is 8. The van der Waals surface area contributed by atoms with E-state index in [2.05, 4.69) is 16.0 Å². The van der Waals surface area contributed by atoms with E-state index in [1.54, 1.807) is 11.8 Å². The molecular formula is C30H34N4O5S3. The van der Waals surface area contributed by atoms with Gasteiger partial charge in [-0.25, -0.2) is 9.59 Å². The summed E-state index contributed by atoms with van der Waals surface area (Å²) >= 11 is 8.07. The first kappa shape index (κ1) is 31.3. The van der Waals surface area contributed by atoms with Crippen LogP contribution in [-0.4, -0.2) is 52.5 Å². The van der Waals surface area contributed by atoms with Crippen molar-refractivity contribution in [3.63, 3.8) is 0 Å². The molecule has 1 aromatic heterocycles. The maximum Gasteiger partial charge on any atom is 0.410 e. The number of rotatable bonds is 8. The second-order valence-corrected chi connectivity index (χ2v) is 13.0. The van der Waals surface area contributed by atoms with Gasteiger partial charge in [0.05, 0.1) is 24.5 Å². The molecule has 0 unspecified atom stereocenters.